The Morgan fingerprint density at radius 2 is 1.26 bits per heavy atom. The summed E-state index contributed by atoms with van der Waals surface area (Å²) in [5.74, 6) is 2.84. The average Bonchev–Trinajstić information content (AvgIpc) is 3.28. The highest BCUT2D eigenvalue weighted by Gasteiger charge is 2.62. The summed E-state index contributed by atoms with van der Waals surface area (Å²) in [6.07, 6.45) is 3.98. The molecule has 1 aromatic heterocycles. The highest BCUT2D eigenvalue weighted by Crippen LogP contribution is 2.67. The molecule has 5 rings (SSSR count). The fourth-order valence-electron chi connectivity index (χ4n) is 8.91. The summed E-state index contributed by atoms with van der Waals surface area (Å²) >= 11 is 6.24. The number of nitrogens with two attached hydrogens (primary N) is 1. The van der Waals surface area contributed by atoms with Crippen molar-refractivity contribution in [2.45, 2.75) is 115 Å². The van der Waals surface area contributed by atoms with E-state index in [1.807, 2.05) is 11.3 Å². The third kappa shape index (κ3) is 5.06. The van der Waals surface area contributed by atoms with E-state index < -0.39 is 0 Å². The van der Waals surface area contributed by atoms with Gasteiger partial charge >= 0.3 is 0 Å². The Kier molecular flexibility index (Phi) is 8.56. The van der Waals surface area contributed by atoms with Crippen molar-refractivity contribution >= 4 is 40.1 Å². The van der Waals surface area contributed by atoms with Crippen LogP contribution in [0.25, 0.3) is 0 Å². The lowest BCUT2D eigenvalue weighted by atomic mass is 9.68. The number of carbonyl (C=O) groups is 2. The fraction of sp³-hybridized carbons (Fsp3) is 0.812. The standard InChI is InChI=1S/C16H25NS.C14H22O2.C2H5NS/c1-9-15(3,4)11-7-8-12-14(17-10(2)18-12)13(11)16(9,5)6;1-8-13(2,3)9-6-7-10(15)12(16)11(9)14(8,4)5;1-2(3)4/h9,11,13H,7-8H2,1-6H3;8-9,11H,6-7H2,1-5H3;1H3,(H2,3,4). The van der Waals surface area contributed by atoms with Crippen molar-refractivity contribution in [2.75, 3.05) is 0 Å². The Morgan fingerprint density at radius 3 is 1.76 bits per heavy atom. The highest BCUT2D eigenvalue weighted by atomic mass is 32.1. The van der Waals surface area contributed by atoms with E-state index >= 15 is 0 Å². The van der Waals surface area contributed by atoms with Gasteiger partial charge in [0.05, 0.1) is 15.7 Å². The van der Waals surface area contributed by atoms with E-state index in [1.165, 1.54) is 23.5 Å². The minimum absolute atomic E-state index is 0.0403. The number of hydrogen-bond acceptors (Lipinski definition) is 5. The number of aromatic nitrogens is 1. The molecule has 6 atom stereocenters. The van der Waals surface area contributed by atoms with Crippen molar-refractivity contribution in [1.29, 1.82) is 0 Å². The van der Waals surface area contributed by atoms with Crippen molar-refractivity contribution in [3.63, 3.8) is 0 Å². The van der Waals surface area contributed by atoms with Crippen LogP contribution < -0.4 is 5.73 Å². The second-order valence-corrected chi connectivity index (χ2v) is 16.8. The van der Waals surface area contributed by atoms with Crippen LogP contribution in [0.4, 0.5) is 0 Å². The number of Topliss-reactive ketones (excluding diaryl/α,β-unsaturated/α-hetero) is 2. The van der Waals surface area contributed by atoms with Crippen LogP contribution in [-0.2, 0) is 16.0 Å². The second kappa shape index (κ2) is 10.4. The second-order valence-electron chi connectivity index (χ2n) is 14.9. The Morgan fingerprint density at radius 1 is 0.842 bits per heavy atom. The van der Waals surface area contributed by atoms with Crippen LogP contribution in [0.3, 0.4) is 0 Å². The third-order valence-corrected chi connectivity index (χ3v) is 12.9. The Bertz CT molecular complexity index is 1090. The zero-order chi connectivity index (χ0) is 29.2. The zero-order valence-electron chi connectivity index (χ0n) is 26.0. The molecule has 4 aliphatic rings. The minimum Gasteiger partial charge on any atom is -0.394 e. The number of rotatable bonds is 0. The zero-order valence-corrected chi connectivity index (χ0v) is 27.6. The smallest absolute Gasteiger partial charge is 0.202 e. The van der Waals surface area contributed by atoms with E-state index in [-0.39, 0.29) is 28.3 Å². The van der Waals surface area contributed by atoms with Crippen molar-refractivity contribution in [2.24, 2.45) is 57.0 Å². The summed E-state index contributed by atoms with van der Waals surface area (Å²) < 4.78 is 0. The molecule has 3 saturated carbocycles. The van der Waals surface area contributed by atoms with Gasteiger partial charge in [-0.15, -0.1) is 11.3 Å². The van der Waals surface area contributed by atoms with Crippen LogP contribution in [0.2, 0.25) is 0 Å². The average molecular weight is 561 g/mol. The first kappa shape index (κ1) is 31.4. The van der Waals surface area contributed by atoms with Crippen LogP contribution in [0.15, 0.2) is 0 Å². The van der Waals surface area contributed by atoms with Crippen LogP contribution in [0.1, 0.15) is 117 Å². The van der Waals surface area contributed by atoms with Gasteiger partial charge in [-0.2, -0.15) is 0 Å². The van der Waals surface area contributed by atoms with Crippen molar-refractivity contribution in [3.05, 3.63) is 15.6 Å². The number of hydrogen-bond donors (Lipinski definition) is 1. The van der Waals surface area contributed by atoms with E-state index in [9.17, 15) is 9.59 Å². The molecule has 4 aliphatic carbocycles. The molecule has 0 radical (unpaired) electrons. The van der Waals surface area contributed by atoms with Gasteiger partial charge in [-0.1, -0.05) is 81.5 Å². The van der Waals surface area contributed by atoms with E-state index in [2.05, 4.69) is 88.4 Å². The molecule has 0 bridgehead atoms. The highest BCUT2D eigenvalue weighted by molar-refractivity contribution is 7.80. The van der Waals surface area contributed by atoms with Crippen LogP contribution in [-0.4, -0.2) is 21.5 Å². The number of aryl methyl sites for hydroxylation is 2. The molecule has 6 unspecified atom stereocenters. The molecule has 3 fully saturated rings. The maximum Gasteiger partial charge on any atom is 0.202 e. The lowest BCUT2D eigenvalue weighted by Crippen LogP contribution is -2.40. The van der Waals surface area contributed by atoms with Gasteiger partial charge in [-0.25, -0.2) is 4.98 Å². The lowest BCUT2D eigenvalue weighted by Gasteiger charge is -2.35. The maximum absolute atomic E-state index is 12.1. The van der Waals surface area contributed by atoms with Gasteiger partial charge < -0.3 is 5.73 Å². The maximum atomic E-state index is 12.1. The first-order valence-corrected chi connectivity index (χ1v) is 15.7. The van der Waals surface area contributed by atoms with E-state index in [1.54, 1.807) is 11.8 Å². The van der Waals surface area contributed by atoms with Gasteiger partial charge in [-0.05, 0) is 78.4 Å². The Labute approximate surface area is 241 Å². The molecule has 0 amide bonds. The van der Waals surface area contributed by atoms with Crippen LogP contribution in [0, 0.1) is 58.2 Å². The summed E-state index contributed by atoms with van der Waals surface area (Å²) in [4.78, 5) is 30.7. The normalized spacial score (nSPS) is 35.1. The number of thiazole rings is 1. The molecule has 214 valence electrons. The molecule has 0 aromatic carbocycles. The van der Waals surface area contributed by atoms with Crippen LogP contribution in [0.5, 0.6) is 0 Å². The molecule has 0 spiro atoms. The predicted molar refractivity (Wildman–Crippen MR) is 164 cm³/mol. The summed E-state index contributed by atoms with van der Waals surface area (Å²) in [5.41, 5.74) is 7.25. The van der Waals surface area contributed by atoms with Gasteiger partial charge in [0.1, 0.15) is 0 Å². The van der Waals surface area contributed by atoms with Crippen molar-refractivity contribution in [3.8, 4) is 0 Å². The molecule has 6 heteroatoms. The van der Waals surface area contributed by atoms with E-state index in [0.29, 0.717) is 40.0 Å². The first-order chi connectivity index (χ1) is 17.2. The lowest BCUT2D eigenvalue weighted by molar-refractivity contribution is -0.145. The van der Waals surface area contributed by atoms with Gasteiger partial charge in [-0.3, -0.25) is 9.59 Å². The van der Waals surface area contributed by atoms with E-state index in [0.717, 1.165) is 18.3 Å². The summed E-state index contributed by atoms with van der Waals surface area (Å²) in [5, 5.41) is 1.26. The quantitative estimate of drug-likeness (QED) is 0.257. The molecule has 38 heavy (non-hydrogen) atoms. The topological polar surface area (TPSA) is 73.1 Å². The number of thiocarbonyl (C=S) groups is 1. The largest absolute Gasteiger partial charge is 0.394 e. The summed E-state index contributed by atoms with van der Waals surface area (Å²) in [6, 6.07) is 0. The van der Waals surface area contributed by atoms with Gasteiger partial charge in [0.25, 0.3) is 0 Å². The Balaban J connectivity index is 0.000000186. The van der Waals surface area contributed by atoms with Gasteiger partial charge in [0.15, 0.2) is 5.78 Å². The third-order valence-electron chi connectivity index (χ3n) is 11.8. The Hall–Kier alpha value is -1.14. The first-order valence-electron chi connectivity index (χ1n) is 14.5. The molecule has 0 aliphatic heterocycles. The molecule has 1 heterocycles. The van der Waals surface area contributed by atoms with E-state index in [4.69, 9.17) is 10.7 Å². The summed E-state index contributed by atoms with van der Waals surface area (Å²) in [7, 11) is 0. The number of ketones is 2. The molecule has 4 nitrogen and oxygen atoms in total. The minimum atomic E-state index is -0.140. The van der Waals surface area contributed by atoms with Gasteiger partial charge in [0.2, 0.25) is 5.78 Å². The summed E-state index contributed by atoms with van der Waals surface area (Å²) in [6.45, 7) is 27.2. The molecule has 1 aromatic rings. The number of fused-ring (bicyclic) bond motifs is 4. The molecule has 0 saturated heterocycles. The van der Waals surface area contributed by atoms with Gasteiger partial charge in [0, 0.05) is 23.1 Å². The fourth-order valence-corrected chi connectivity index (χ4v) is 9.91. The van der Waals surface area contributed by atoms with Crippen LogP contribution >= 0.6 is 23.6 Å². The predicted octanol–water partition coefficient (Wildman–Crippen LogP) is 7.94. The molecular weight excluding hydrogens is 508 g/mol. The van der Waals surface area contributed by atoms with Crippen molar-refractivity contribution < 1.29 is 9.59 Å². The monoisotopic (exact) mass is 560 g/mol. The SMILES string of the molecule is CC(N)=S.CC1C(C)(C)C2CCC(=O)C(=O)C2C1(C)C.Cc1nc2c(s1)CCC1C2C(C)(C)C(C)C1(C)C. The molecule has 2 N–H and O–H groups in total. The number of carbonyl (C=O) groups excluding carboxylic acids is 2. The molecular formula is C32H52N2O2S2. The number of nitrogens with zero attached hydrogens (tertiary/aromatic N) is 1. The van der Waals surface area contributed by atoms with Crippen molar-refractivity contribution in [1.82, 2.24) is 4.98 Å².